The van der Waals surface area contributed by atoms with Crippen molar-refractivity contribution in [3.8, 4) is 11.5 Å². The molecule has 0 aliphatic carbocycles. The molecule has 4 rings (SSSR count). The second-order valence-corrected chi connectivity index (χ2v) is 10.4. The van der Waals surface area contributed by atoms with Crippen LogP contribution in [0.5, 0.6) is 11.5 Å². The molecule has 178 valence electrons. The first-order valence-electron chi connectivity index (χ1n) is 10.6. The van der Waals surface area contributed by atoms with E-state index in [1.165, 1.54) is 36.4 Å². The van der Waals surface area contributed by atoms with Crippen molar-refractivity contribution >= 4 is 39.1 Å². The van der Waals surface area contributed by atoms with E-state index in [1.807, 2.05) is 19.1 Å². The molecule has 0 saturated heterocycles. The van der Waals surface area contributed by atoms with E-state index in [4.69, 9.17) is 9.47 Å². The summed E-state index contributed by atoms with van der Waals surface area (Å²) in [5, 5.41) is 2.78. The number of para-hydroxylation sites is 1. The maximum Gasteiger partial charge on any atom is 0.264 e. The number of thioether (sulfide) groups is 1. The molecule has 0 aromatic heterocycles. The summed E-state index contributed by atoms with van der Waals surface area (Å²) in [4.78, 5) is 13.7. The number of fused-ring (bicyclic) bond motifs is 1. The van der Waals surface area contributed by atoms with Gasteiger partial charge in [0.15, 0.2) is 11.5 Å². The van der Waals surface area contributed by atoms with Gasteiger partial charge in [0, 0.05) is 11.0 Å². The number of hydrogen-bond donors (Lipinski definition) is 1. The summed E-state index contributed by atoms with van der Waals surface area (Å²) in [5.41, 5.74) is 0.608. The van der Waals surface area contributed by atoms with Crippen molar-refractivity contribution in [2.75, 3.05) is 35.1 Å². The lowest BCUT2D eigenvalue weighted by atomic mass is 10.3. The molecule has 0 spiro atoms. The normalized spacial score (nSPS) is 12.8. The molecule has 3 aromatic carbocycles. The Morgan fingerprint density at radius 1 is 1.03 bits per heavy atom. The average molecular weight is 503 g/mol. The zero-order valence-electron chi connectivity index (χ0n) is 18.4. The van der Waals surface area contributed by atoms with Crippen molar-refractivity contribution in [2.45, 2.75) is 16.7 Å². The molecular formula is C24H23FN2O5S2. The highest BCUT2D eigenvalue weighted by Crippen LogP contribution is 2.34. The number of carbonyl (C=O) groups is 1. The van der Waals surface area contributed by atoms with Crippen LogP contribution < -0.4 is 19.1 Å². The van der Waals surface area contributed by atoms with Gasteiger partial charge in [0.2, 0.25) is 5.91 Å². The van der Waals surface area contributed by atoms with Crippen LogP contribution in [0.15, 0.2) is 76.5 Å². The van der Waals surface area contributed by atoms with E-state index in [2.05, 4.69) is 5.32 Å². The molecule has 0 atom stereocenters. The number of rotatable bonds is 8. The van der Waals surface area contributed by atoms with Crippen LogP contribution in [0.4, 0.5) is 15.8 Å². The Labute approximate surface area is 201 Å². The summed E-state index contributed by atoms with van der Waals surface area (Å²) < 4.78 is 53.1. The monoisotopic (exact) mass is 502 g/mol. The minimum absolute atomic E-state index is 0.0289. The van der Waals surface area contributed by atoms with E-state index >= 15 is 0 Å². The molecule has 0 unspecified atom stereocenters. The predicted molar refractivity (Wildman–Crippen MR) is 130 cm³/mol. The molecule has 0 fully saturated rings. The fourth-order valence-electron chi connectivity index (χ4n) is 3.43. The van der Waals surface area contributed by atoms with Crippen molar-refractivity contribution in [2.24, 2.45) is 0 Å². The minimum Gasteiger partial charge on any atom is -0.486 e. The number of carbonyl (C=O) groups excluding carboxylic acids is 1. The first-order valence-corrected chi connectivity index (χ1v) is 13.0. The number of halogens is 1. The maximum atomic E-state index is 14.0. The number of anilines is 2. The lowest BCUT2D eigenvalue weighted by molar-refractivity contribution is -0.114. The van der Waals surface area contributed by atoms with Crippen molar-refractivity contribution in [3.05, 3.63) is 72.5 Å². The molecule has 1 aliphatic rings. The van der Waals surface area contributed by atoms with Crippen LogP contribution in [-0.2, 0) is 14.8 Å². The zero-order chi connectivity index (χ0) is 24.1. The van der Waals surface area contributed by atoms with Crippen LogP contribution in [0.3, 0.4) is 0 Å². The fraction of sp³-hybridized carbons (Fsp3) is 0.208. The maximum absolute atomic E-state index is 14.0. The molecule has 0 radical (unpaired) electrons. The van der Waals surface area contributed by atoms with Crippen LogP contribution in [0.1, 0.15) is 6.92 Å². The number of sulfonamides is 1. The lowest BCUT2D eigenvalue weighted by Gasteiger charge is -2.25. The Bertz CT molecular complexity index is 1300. The fourth-order valence-corrected chi connectivity index (χ4v) is 5.62. The topological polar surface area (TPSA) is 84.9 Å². The van der Waals surface area contributed by atoms with Crippen molar-refractivity contribution < 1.29 is 27.1 Å². The summed E-state index contributed by atoms with van der Waals surface area (Å²) in [7, 11) is -4.25. The number of nitrogens with one attached hydrogen (secondary N) is 1. The Balaban J connectivity index is 1.67. The molecule has 1 amide bonds. The van der Waals surface area contributed by atoms with E-state index in [0.29, 0.717) is 30.4 Å². The first kappa shape index (κ1) is 23.9. The SMILES string of the molecule is CCSc1ccccc1NC(=O)CN(c1cccc(F)c1)S(=O)(=O)c1ccc2c(c1)OCCO2. The largest absolute Gasteiger partial charge is 0.486 e. The third-order valence-corrected chi connectivity index (χ3v) is 7.67. The molecule has 10 heteroatoms. The summed E-state index contributed by atoms with van der Waals surface area (Å²) in [6.45, 7) is 2.11. The zero-order valence-corrected chi connectivity index (χ0v) is 20.0. The Morgan fingerprint density at radius 2 is 1.79 bits per heavy atom. The van der Waals surface area contributed by atoms with Gasteiger partial charge in [-0.05, 0) is 48.2 Å². The van der Waals surface area contributed by atoms with Crippen molar-refractivity contribution in [1.29, 1.82) is 0 Å². The molecule has 3 aromatic rings. The van der Waals surface area contributed by atoms with Gasteiger partial charge in [0.05, 0.1) is 16.3 Å². The van der Waals surface area contributed by atoms with Gasteiger partial charge in [-0.2, -0.15) is 0 Å². The van der Waals surface area contributed by atoms with E-state index < -0.39 is 28.3 Å². The van der Waals surface area contributed by atoms with Crippen LogP contribution >= 0.6 is 11.8 Å². The summed E-state index contributed by atoms with van der Waals surface area (Å²) in [5.74, 6) is 0.354. The van der Waals surface area contributed by atoms with E-state index in [1.54, 1.807) is 23.9 Å². The molecule has 1 aliphatic heterocycles. The number of benzene rings is 3. The number of hydrogen-bond acceptors (Lipinski definition) is 6. The highest BCUT2D eigenvalue weighted by Gasteiger charge is 2.29. The Hall–Kier alpha value is -3.24. The standard InChI is InChI=1S/C24H23FN2O5S2/c1-2-33-23-9-4-3-8-20(23)26-24(28)16-27(18-7-5-6-17(25)14-18)34(29,30)19-10-11-21-22(15-19)32-13-12-31-21/h3-11,14-15H,2,12-13,16H2,1H3,(H,26,28). The van der Waals surface area contributed by atoms with Gasteiger partial charge in [0.25, 0.3) is 10.0 Å². The third-order valence-electron chi connectivity index (χ3n) is 4.95. The van der Waals surface area contributed by atoms with E-state index in [9.17, 15) is 17.6 Å². The number of nitrogens with zero attached hydrogens (tertiary/aromatic N) is 1. The predicted octanol–water partition coefficient (Wildman–Crippen LogP) is 4.54. The van der Waals surface area contributed by atoms with E-state index in [0.717, 1.165) is 21.0 Å². The van der Waals surface area contributed by atoms with Gasteiger partial charge in [-0.1, -0.05) is 25.1 Å². The number of ether oxygens (including phenoxy) is 2. The van der Waals surface area contributed by atoms with Gasteiger partial charge >= 0.3 is 0 Å². The quantitative estimate of drug-likeness (QED) is 0.455. The van der Waals surface area contributed by atoms with Gasteiger partial charge in [0.1, 0.15) is 25.6 Å². The Kier molecular flexibility index (Phi) is 7.28. The minimum atomic E-state index is -4.25. The molecule has 0 bridgehead atoms. The average Bonchev–Trinajstić information content (AvgIpc) is 2.83. The number of amides is 1. The van der Waals surface area contributed by atoms with E-state index in [-0.39, 0.29) is 10.6 Å². The van der Waals surface area contributed by atoms with Crippen LogP contribution in [0.25, 0.3) is 0 Å². The molecular weight excluding hydrogens is 479 g/mol. The molecule has 1 N–H and O–H groups in total. The van der Waals surface area contributed by atoms with Crippen LogP contribution in [0, 0.1) is 5.82 Å². The first-order chi connectivity index (χ1) is 16.4. The smallest absolute Gasteiger partial charge is 0.264 e. The summed E-state index contributed by atoms with van der Waals surface area (Å²) >= 11 is 1.55. The highest BCUT2D eigenvalue weighted by atomic mass is 32.2. The molecule has 7 nitrogen and oxygen atoms in total. The van der Waals surface area contributed by atoms with Crippen LogP contribution in [-0.4, -0.2) is 39.8 Å². The summed E-state index contributed by atoms with van der Waals surface area (Å²) in [6, 6.07) is 16.6. The molecule has 1 heterocycles. The van der Waals surface area contributed by atoms with Crippen molar-refractivity contribution in [3.63, 3.8) is 0 Å². The van der Waals surface area contributed by atoms with Gasteiger partial charge in [-0.15, -0.1) is 11.8 Å². The third kappa shape index (κ3) is 5.28. The van der Waals surface area contributed by atoms with Crippen molar-refractivity contribution in [1.82, 2.24) is 0 Å². The lowest BCUT2D eigenvalue weighted by Crippen LogP contribution is -2.38. The van der Waals surface area contributed by atoms with Crippen LogP contribution in [0.2, 0.25) is 0 Å². The van der Waals surface area contributed by atoms with Gasteiger partial charge in [-0.3, -0.25) is 9.10 Å². The summed E-state index contributed by atoms with van der Waals surface area (Å²) in [6.07, 6.45) is 0. The van der Waals surface area contributed by atoms with Gasteiger partial charge in [-0.25, -0.2) is 12.8 Å². The molecule has 34 heavy (non-hydrogen) atoms. The molecule has 0 saturated carbocycles. The second kappa shape index (κ2) is 10.4. The van der Waals surface area contributed by atoms with Gasteiger partial charge < -0.3 is 14.8 Å². The second-order valence-electron chi connectivity index (χ2n) is 7.27. The Morgan fingerprint density at radius 3 is 2.56 bits per heavy atom. The highest BCUT2D eigenvalue weighted by molar-refractivity contribution is 7.99.